The van der Waals surface area contributed by atoms with E-state index >= 15 is 0 Å². The Kier molecular flexibility index (Phi) is 2.93. The lowest BCUT2D eigenvalue weighted by Gasteiger charge is -1.97. The van der Waals surface area contributed by atoms with Crippen molar-refractivity contribution in [2.24, 2.45) is 4.99 Å². The molecule has 0 N–H and O–H groups in total. The summed E-state index contributed by atoms with van der Waals surface area (Å²) in [6.07, 6.45) is 0. The van der Waals surface area contributed by atoms with Gasteiger partial charge in [-0.2, -0.15) is 0 Å². The molecule has 2 nitrogen and oxygen atoms in total. The van der Waals surface area contributed by atoms with E-state index in [-0.39, 0.29) is 0 Å². The molecule has 0 amide bonds. The molecule has 0 unspecified atom stereocenters. The first kappa shape index (κ1) is 8.08. The lowest BCUT2D eigenvalue weighted by atomic mass is 10.3. The number of hydrogen-bond donors (Lipinski definition) is 0. The Hall–Kier alpha value is -1.02. The zero-order valence-corrected chi connectivity index (χ0v) is 6.88. The van der Waals surface area contributed by atoms with Crippen molar-refractivity contribution < 1.29 is 4.74 Å². The molecule has 0 radical (unpaired) electrons. The minimum Gasteiger partial charge on any atom is -0.497 e. The fourth-order valence-electron chi connectivity index (χ4n) is 0.725. The van der Waals surface area contributed by atoms with Crippen molar-refractivity contribution >= 4 is 23.0 Å². The van der Waals surface area contributed by atoms with Crippen molar-refractivity contribution in [1.29, 1.82) is 0 Å². The van der Waals surface area contributed by atoms with Crippen LogP contribution < -0.4 is 4.74 Å². The van der Waals surface area contributed by atoms with Crippen LogP contribution in [-0.2, 0) is 0 Å². The molecule has 0 aliphatic carbocycles. The van der Waals surface area contributed by atoms with Gasteiger partial charge in [-0.1, -0.05) is 11.6 Å². The highest BCUT2D eigenvalue weighted by atomic mass is 35.5. The smallest absolute Gasteiger partial charge is 0.119 e. The van der Waals surface area contributed by atoms with Crippen LogP contribution in [-0.4, -0.2) is 12.8 Å². The lowest BCUT2D eigenvalue weighted by molar-refractivity contribution is 0.415. The highest BCUT2D eigenvalue weighted by Crippen LogP contribution is 2.16. The van der Waals surface area contributed by atoms with Gasteiger partial charge in [0.15, 0.2) is 0 Å². The van der Waals surface area contributed by atoms with Crippen LogP contribution in [0.2, 0.25) is 0 Å². The number of rotatable bonds is 2. The average molecular weight is 170 g/mol. The Morgan fingerprint density at radius 1 is 1.36 bits per heavy atom. The van der Waals surface area contributed by atoms with Crippen LogP contribution in [0.4, 0.5) is 5.69 Å². The molecule has 0 aliphatic rings. The van der Waals surface area contributed by atoms with E-state index in [0.29, 0.717) is 0 Å². The Bertz CT molecular complexity index is 243. The highest BCUT2D eigenvalue weighted by Gasteiger charge is 1.89. The van der Waals surface area contributed by atoms with Gasteiger partial charge in [0.05, 0.1) is 18.5 Å². The minimum absolute atomic E-state index is 0.818. The molecule has 11 heavy (non-hydrogen) atoms. The number of nitrogens with zero attached hydrogens (tertiary/aromatic N) is 1. The predicted octanol–water partition coefficient (Wildman–Crippen LogP) is 2.59. The summed E-state index contributed by atoms with van der Waals surface area (Å²) in [5, 5.41) is 0. The summed E-state index contributed by atoms with van der Waals surface area (Å²) in [4.78, 5) is 3.87. The summed E-state index contributed by atoms with van der Waals surface area (Å²) in [6.45, 7) is 0. The first-order valence-electron chi connectivity index (χ1n) is 3.13. The SMILES string of the molecule is COc1ccc(N=CCl)cc1. The Balaban J connectivity index is 2.82. The van der Waals surface area contributed by atoms with E-state index in [1.54, 1.807) is 7.11 Å². The van der Waals surface area contributed by atoms with Gasteiger partial charge >= 0.3 is 0 Å². The first-order valence-corrected chi connectivity index (χ1v) is 3.57. The number of benzene rings is 1. The summed E-state index contributed by atoms with van der Waals surface area (Å²) in [5.74, 6) is 0.818. The molecule has 0 heterocycles. The topological polar surface area (TPSA) is 21.6 Å². The number of ether oxygens (including phenoxy) is 1. The van der Waals surface area contributed by atoms with E-state index in [9.17, 15) is 0 Å². The molecule has 0 spiro atoms. The predicted molar refractivity (Wildman–Crippen MR) is 47.0 cm³/mol. The molecule has 0 aliphatic heterocycles. The maximum atomic E-state index is 5.29. The van der Waals surface area contributed by atoms with Crippen molar-refractivity contribution in [2.45, 2.75) is 0 Å². The van der Waals surface area contributed by atoms with Crippen molar-refractivity contribution in [3.8, 4) is 5.75 Å². The van der Waals surface area contributed by atoms with Gasteiger partial charge in [-0.15, -0.1) is 0 Å². The summed E-state index contributed by atoms with van der Waals surface area (Å²) in [6, 6.07) is 7.33. The van der Waals surface area contributed by atoms with Gasteiger partial charge in [0.1, 0.15) is 5.75 Å². The van der Waals surface area contributed by atoms with Crippen molar-refractivity contribution in [3.05, 3.63) is 24.3 Å². The van der Waals surface area contributed by atoms with Gasteiger partial charge in [0.25, 0.3) is 0 Å². The van der Waals surface area contributed by atoms with Crippen molar-refractivity contribution in [2.75, 3.05) is 7.11 Å². The van der Waals surface area contributed by atoms with Gasteiger partial charge in [-0.25, -0.2) is 4.99 Å². The first-order chi connectivity index (χ1) is 5.36. The van der Waals surface area contributed by atoms with E-state index in [2.05, 4.69) is 4.99 Å². The summed E-state index contributed by atoms with van der Waals surface area (Å²) < 4.78 is 4.96. The molecule has 0 saturated carbocycles. The molecule has 1 aromatic rings. The number of methoxy groups -OCH3 is 1. The maximum absolute atomic E-state index is 5.29. The summed E-state index contributed by atoms with van der Waals surface area (Å²) in [5.41, 5.74) is 2.06. The Labute approximate surface area is 70.5 Å². The molecule has 1 rings (SSSR count). The van der Waals surface area contributed by atoms with Crippen LogP contribution in [0, 0.1) is 0 Å². The van der Waals surface area contributed by atoms with Gasteiger partial charge < -0.3 is 4.74 Å². The molecule has 0 atom stereocenters. The normalized spacial score (nSPS) is 10.4. The van der Waals surface area contributed by atoms with E-state index in [1.165, 1.54) is 5.67 Å². The number of hydrogen-bond acceptors (Lipinski definition) is 2. The monoisotopic (exact) mass is 169 g/mol. The van der Waals surface area contributed by atoms with E-state index < -0.39 is 0 Å². The maximum Gasteiger partial charge on any atom is 0.119 e. The third-order valence-corrected chi connectivity index (χ3v) is 1.37. The second-order valence-electron chi connectivity index (χ2n) is 1.92. The molecular formula is C8H8ClNO. The zero-order chi connectivity index (χ0) is 8.10. The molecule has 0 fully saturated rings. The lowest BCUT2D eigenvalue weighted by Crippen LogP contribution is -1.79. The zero-order valence-electron chi connectivity index (χ0n) is 6.12. The van der Waals surface area contributed by atoms with Crippen molar-refractivity contribution in [1.82, 2.24) is 0 Å². The van der Waals surface area contributed by atoms with Gasteiger partial charge in [-0.3, -0.25) is 0 Å². The molecule has 3 heteroatoms. The Morgan fingerprint density at radius 2 is 2.00 bits per heavy atom. The molecule has 0 aromatic heterocycles. The number of aliphatic imine (C=N–C) groups is 1. The van der Waals surface area contributed by atoms with Gasteiger partial charge in [0.2, 0.25) is 0 Å². The second-order valence-corrected chi connectivity index (χ2v) is 2.12. The Morgan fingerprint density at radius 3 is 2.45 bits per heavy atom. The highest BCUT2D eigenvalue weighted by molar-refractivity contribution is 6.56. The van der Waals surface area contributed by atoms with Crippen LogP contribution in [0.25, 0.3) is 0 Å². The number of halogens is 1. The van der Waals surface area contributed by atoms with E-state index in [1.807, 2.05) is 24.3 Å². The standard InChI is InChI=1S/C8H8ClNO/c1-11-8-4-2-7(3-5-8)10-6-9/h2-6H,1H3. The molecule has 0 bridgehead atoms. The second kappa shape index (κ2) is 3.98. The fourth-order valence-corrected chi connectivity index (χ4v) is 0.837. The molecule has 58 valence electrons. The van der Waals surface area contributed by atoms with Crippen molar-refractivity contribution in [3.63, 3.8) is 0 Å². The van der Waals surface area contributed by atoms with E-state index in [0.717, 1.165) is 11.4 Å². The minimum atomic E-state index is 0.818. The van der Waals surface area contributed by atoms with Crippen LogP contribution in [0.15, 0.2) is 29.3 Å². The third-order valence-electron chi connectivity index (χ3n) is 1.27. The van der Waals surface area contributed by atoms with Gasteiger partial charge in [0, 0.05) is 0 Å². The van der Waals surface area contributed by atoms with Gasteiger partial charge in [-0.05, 0) is 24.3 Å². The molecular weight excluding hydrogens is 162 g/mol. The molecule has 0 saturated heterocycles. The van der Waals surface area contributed by atoms with Crippen LogP contribution in [0.3, 0.4) is 0 Å². The summed E-state index contributed by atoms with van der Waals surface area (Å²) in [7, 11) is 1.62. The quantitative estimate of drug-likeness (QED) is 0.624. The molecule has 1 aromatic carbocycles. The van der Waals surface area contributed by atoms with E-state index in [4.69, 9.17) is 16.3 Å². The van der Waals surface area contributed by atoms with Crippen LogP contribution in [0.5, 0.6) is 5.75 Å². The third kappa shape index (κ3) is 2.24. The fraction of sp³-hybridized carbons (Fsp3) is 0.125. The van der Waals surface area contributed by atoms with Crippen LogP contribution >= 0.6 is 11.6 Å². The largest absolute Gasteiger partial charge is 0.497 e. The van der Waals surface area contributed by atoms with Crippen LogP contribution in [0.1, 0.15) is 0 Å². The average Bonchev–Trinajstić information content (AvgIpc) is 2.07. The summed E-state index contributed by atoms with van der Waals surface area (Å²) >= 11 is 5.29.